The minimum atomic E-state index is -0.294. The first-order valence-electron chi connectivity index (χ1n) is 8.59. The summed E-state index contributed by atoms with van der Waals surface area (Å²) in [7, 11) is 1.90. The molecule has 2 saturated heterocycles. The van der Waals surface area contributed by atoms with E-state index in [4.69, 9.17) is 9.31 Å². The van der Waals surface area contributed by atoms with Gasteiger partial charge in [0.25, 0.3) is 0 Å². The normalized spacial score (nSPS) is 27.2. The average Bonchev–Trinajstić information content (AvgIpc) is 2.98. The molecular weight excluding hydrogens is 285 g/mol. The van der Waals surface area contributed by atoms with Crippen molar-refractivity contribution in [3.05, 3.63) is 35.9 Å². The first-order valence-corrected chi connectivity index (χ1v) is 8.59. The maximum Gasteiger partial charge on any atom is 0.494 e. The largest absolute Gasteiger partial charge is 0.494 e. The summed E-state index contributed by atoms with van der Waals surface area (Å²) in [5, 5.41) is 0. The van der Waals surface area contributed by atoms with E-state index in [1.165, 1.54) is 18.5 Å². The highest BCUT2D eigenvalue weighted by molar-refractivity contribution is 6.62. The quantitative estimate of drug-likeness (QED) is 0.801. The molecule has 1 unspecified atom stereocenters. The SMILES string of the molecule is CN1CCC(C=Cc2cccc(B3OC(C)(C)C(C)(C)O3)c2)C1. The molecule has 3 rings (SSSR count). The van der Waals surface area contributed by atoms with E-state index in [-0.39, 0.29) is 18.3 Å². The van der Waals surface area contributed by atoms with Crippen molar-refractivity contribution in [2.45, 2.75) is 45.3 Å². The van der Waals surface area contributed by atoms with Crippen molar-refractivity contribution < 1.29 is 9.31 Å². The van der Waals surface area contributed by atoms with E-state index in [0.717, 1.165) is 12.0 Å². The molecule has 2 aliphatic rings. The summed E-state index contributed by atoms with van der Waals surface area (Å²) in [6.45, 7) is 10.7. The Kier molecular flexibility index (Phi) is 4.43. The predicted molar refractivity (Wildman–Crippen MR) is 96.8 cm³/mol. The highest BCUT2D eigenvalue weighted by Crippen LogP contribution is 2.36. The first-order chi connectivity index (χ1) is 10.8. The van der Waals surface area contributed by atoms with Crippen molar-refractivity contribution >= 4 is 18.7 Å². The van der Waals surface area contributed by atoms with Gasteiger partial charge in [0, 0.05) is 6.54 Å². The topological polar surface area (TPSA) is 21.7 Å². The fraction of sp³-hybridized carbons (Fsp3) is 0.579. The number of rotatable bonds is 3. The van der Waals surface area contributed by atoms with E-state index >= 15 is 0 Å². The molecule has 2 fully saturated rings. The Hall–Kier alpha value is -1.10. The fourth-order valence-electron chi connectivity index (χ4n) is 3.16. The Labute approximate surface area is 140 Å². The Morgan fingerprint density at radius 1 is 1.17 bits per heavy atom. The van der Waals surface area contributed by atoms with Crippen molar-refractivity contribution in [1.82, 2.24) is 4.90 Å². The molecule has 1 aromatic rings. The minimum absolute atomic E-state index is 0.286. The van der Waals surface area contributed by atoms with Gasteiger partial charge in [0.05, 0.1) is 11.2 Å². The number of likely N-dealkylation sites (tertiary alicyclic amines) is 1. The smallest absolute Gasteiger partial charge is 0.399 e. The molecule has 0 bridgehead atoms. The van der Waals surface area contributed by atoms with Gasteiger partial charge < -0.3 is 14.2 Å². The Morgan fingerprint density at radius 2 is 1.87 bits per heavy atom. The van der Waals surface area contributed by atoms with Gasteiger partial charge >= 0.3 is 7.12 Å². The highest BCUT2D eigenvalue weighted by Gasteiger charge is 2.51. The van der Waals surface area contributed by atoms with Crippen LogP contribution >= 0.6 is 0 Å². The Bertz CT molecular complexity index is 581. The van der Waals surface area contributed by atoms with Crippen LogP contribution in [0.1, 0.15) is 39.7 Å². The van der Waals surface area contributed by atoms with E-state index < -0.39 is 0 Å². The van der Waals surface area contributed by atoms with Gasteiger partial charge in [0.2, 0.25) is 0 Å². The third kappa shape index (κ3) is 3.55. The summed E-state index contributed by atoms with van der Waals surface area (Å²) >= 11 is 0. The maximum atomic E-state index is 6.14. The van der Waals surface area contributed by atoms with Crippen molar-refractivity contribution in [2.24, 2.45) is 5.92 Å². The van der Waals surface area contributed by atoms with Crippen LogP contribution in [0.25, 0.3) is 6.08 Å². The molecule has 0 aliphatic carbocycles. The van der Waals surface area contributed by atoms with Crippen LogP contribution < -0.4 is 5.46 Å². The fourth-order valence-corrected chi connectivity index (χ4v) is 3.16. The van der Waals surface area contributed by atoms with Crippen molar-refractivity contribution in [3.63, 3.8) is 0 Å². The van der Waals surface area contributed by atoms with Crippen LogP contribution in [0.3, 0.4) is 0 Å². The van der Waals surface area contributed by atoms with Crippen molar-refractivity contribution in [1.29, 1.82) is 0 Å². The molecule has 4 heteroatoms. The van der Waals surface area contributed by atoms with E-state index in [0.29, 0.717) is 5.92 Å². The second-order valence-electron chi connectivity index (χ2n) is 7.93. The zero-order chi connectivity index (χ0) is 16.7. The van der Waals surface area contributed by atoms with Crippen LogP contribution in [-0.4, -0.2) is 43.4 Å². The molecule has 0 amide bonds. The van der Waals surface area contributed by atoms with Gasteiger partial charge in [-0.05, 0) is 64.7 Å². The molecule has 0 N–H and O–H groups in total. The van der Waals surface area contributed by atoms with Crippen LogP contribution in [0, 0.1) is 5.92 Å². The average molecular weight is 313 g/mol. The monoisotopic (exact) mass is 313 g/mol. The van der Waals surface area contributed by atoms with E-state index in [2.05, 4.69) is 76.1 Å². The van der Waals surface area contributed by atoms with Crippen molar-refractivity contribution in [3.8, 4) is 0 Å². The molecule has 2 heterocycles. The van der Waals surface area contributed by atoms with Gasteiger partial charge in [-0.15, -0.1) is 0 Å². The molecule has 0 spiro atoms. The van der Waals surface area contributed by atoms with Crippen LogP contribution in [0.5, 0.6) is 0 Å². The standard InChI is InChI=1S/C19H28BNO2/c1-18(2)19(3,4)23-20(22-18)17-8-6-7-15(13-17)9-10-16-11-12-21(5)14-16/h6-10,13,16H,11-12,14H2,1-5H3. The van der Waals surface area contributed by atoms with E-state index in [1.807, 2.05) is 0 Å². The number of hydrogen-bond acceptors (Lipinski definition) is 3. The lowest BCUT2D eigenvalue weighted by Gasteiger charge is -2.32. The number of benzene rings is 1. The summed E-state index contributed by atoms with van der Waals surface area (Å²) < 4.78 is 12.3. The van der Waals surface area contributed by atoms with Gasteiger partial charge in [0.1, 0.15) is 0 Å². The summed E-state index contributed by atoms with van der Waals surface area (Å²) in [5.41, 5.74) is 1.72. The molecule has 0 aromatic heterocycles. The number of hydrogen-bond donors (Lipinski definition) is 0. The third-order valence-corrected chi connectivity index (χ3v) is 5.42. The van der Waals surface area contributed by atoms with Gasteiger partial charge in [-0.25, -0.2) is 0 Å². The second-order valence-corrected chi connectivity index (χ2v) is 7.93. The zero-order valence-corrected chi connectivity index (χ0v) is 15.0. The molecule has 23 heavy (non-hydrogen) atoms. The summed E-state index contributed by atoms with van der Waals surface area (Å²) in [5.74, 6) is 0.667. The van der Waals surface area contributed by atoms with Crippen molar-refractivity contribution in [2.75, 3.05) is 20.1 Å². The second kappa shape index (κ2) is 6.08. The lowest BCUT2D eigenvalue weighted by molar-refractivity contribution is 0.00578. The predicted octanol–water partition coefficient (Wildman–Crippen LogP) is 2.95. The maximum absolute atomic E-state index is 6.14. The van der Waals surface area contributed by atoms with Crippen LogP contribution in [0.2, 0.25) is 0 Å². The van der Waals surface area contributed by atoms with Gasteiger partial charge in [-0.3, -0.25) is 0 Å². The summed E-state index contributed by atoms with van der Waals surface area (Å²) in [6.07, 6.45) is 5.83. The molecule has 1 aromatic carbocycles. The molecule has 124 valence electrons. The van der Waals surface area contributed by atoms with Gasteiger partial charge in [-0.2, -0.15) is 0 Å². The number of nitrogens with zero attached hydrogens (tertiary/aromatic N) is 1. The third-order valence-electron chi connectivity index (χ3n) is 5.42. The highest BCUT2D eigenvalue weighted by atomic mass is 16.7. The molecule has 0 saturated carbocycles. The van der Waals surface area contributed by atoms with Crippen LogP contribution in [0.15, 0.2) is 30.3 Å². The summed E-state index contributed by atoms with van der Waals surface area (Å²) in [6, 6.07) is 8.49. The van der Waals surface area contributed by atoms with E-state index in [1.54, 1.807) is 0 Å². The van der Waals surface area contributed by atoms with Gasteiger partial charge in [-0.1, -0.05) is 36.4 Å². The lowest BCUT2D eigenvalue weighted by Crippen LogP contribution is -2.41. The van der Waals surface area contributed by atoms with Crippen LogP contribution in [-0.2, 0) is 9.31 Å². The zero-order valence-electron chi connectivity index (χ0n) is 15.0. The molecule has 0 radical (unpaired) electrons. The Balaban J connectivity index is 1.72. The van der Waals surface area contributed by atoms with Gasteiger partial charge in [0.15, 0.2) is 0 Å². The molecule has 1 atom stereocenters. The van der Waals surface area contributed by atoms with E-state index in [9.17, 15) is 0 Å². The molecular formula is C19H28BNO2. The van der Waals surface area contributed by atoms with Crippen LogP contribution in [0.4, 0.5) is 0 Å². The first kappa shape index (κ1) is 16.8. The minimum Gasteiger partial charge on any atom is -0.399 e. The Morgan fingerprint density at radius 3 is 2.48 bits per heavy atom. The molecule has 2 aliphatic heterocycles. The lowest BCUT2D eigenvalue weighted by atomic mass is 9.78. The molecule has 3 nitrogen and oxygen atoms in total. The summed E-state index contributed by atoms with van der Waals surface area (Å²) in [4.78, 5) is 2.38.